The van der Waals surface area contributed by atoms with E-state index in [4.69, 9.17) is 16.3 Å². The molecule has 0 radical (unpaired) electrons. The minimum Gasteiger partial charge on any atom is -0.487 e. The molecule has 0 spiro atoms. The van der Waals surface area contributed by atoms with E-state index in [0.717, 1.165) is 11.3 Å². The summed E-state index contributed by atoms with van der Waals surface area (Å²) >= 11 is 5.94. The molecule has 0 aromatic heterocycles. The molecule has 0 aliphatic carbocycles. The zero-order chi connectivity index (χ0) is 18.2. The van der Waals surface area contributed by atoms with Crippen molar-refractivity contribution in [3.63, 3.8) is 0 Å². The van der Waals surface area contributed by atoms with Crippen LogP contribution in [0.3, 0.4) is 0 Å². The first-order chi connectivity index (χ1) is 12.7. The van der Waals surface area contributed by atoms with Gasteiger partial charge in [-0.3, -0.25) is 4.79 Å². The Morgan fingerprint density at radius 1 is 0.923 bits per heavy atom. The van der Waals surface area contributed by atoms with Crippen molar-refractivity contribution in [2.75, 3.05) is 17.2 Å². The molecule has 0 saturated carbocycles. The van der Waals surface area contributed by atoms with Crippen molar-refractivity contribution in [3.05, 3.63) is 89.4 Å². The van der Waals surface area contributed by atoms with Crippen LogP contribution in [-0.2, 0) is 11.4 Å². The van der Waals surface area contributed by atoms with Gasteiger partial charge in [0.05, 0.1) is 12.2 Å². The number of para-hydroxylation sites is 2. The van der Waals surface area contributed by atoms with Crippen LogP contribution in [0.5, 0.6) is 5.75 Å². The summed E-state index contributed by atoms with van der Waals surface area (Å²) in [6.45, 7) is 0.571. The Morgan fingerprint density at radius 2 is 1.69 bits per heavy atom. The van der Waals surface area contributed by atoms with E-state index in [1.165, 1.54) is 0 Å². The van der Waals surface area contributed by atoms with Crippen molar-refractivity contribution < 1.29 is 9.53 Å². The predicted octanol–water partition coefficient (Wildman–Crippen LogP) is 4.97. The van der Waals surface area contributed by atoms with E-state index >= 15 is 0 Å². The molecule has 4 nitrogen and oxygen atoms in total. The molecule has 1 amide bonds. The Kier molecular flexibility index (Phi) is 6.12. The fourth-order valence-corrected chi connectivity index (χ4v) is 2.60. The number of carbonyl (C=O) groups excluding carboxylic acids is 1. The molecule has 0 unspecified atom stereocenters. The summed E-state index contributed by atoms with van der Waals surface area (Å²) in [6, 6.07) is 24.5. The molecule has 0 heterocycles. The summed E-state index contributed by atoms with van der Waals surface area (Å²) in [6.07, 6.45) is 0. The summed E-state index contributed by atoms with van der Waals surface area (Å²) in [4.78, 5) is 12.2. The second-order valence-electron chi connectivity index (χ2n) is 5.68. The number of hydrogen-bond donors (Lipinski definition) is 2. The molecule has 3 rings (SSSR count). The van der Waals surface area contributed by atoms with Crippen LogP contribution in [0.15, 0.2) is 78.9 Å². The highest BCUT2D eigenvalue weighted by Crippen LogP contribution is 2.24. The summed E-state index contributed by atoms with van der Waals surface area (Å²) < 4.78 is 5.85. The Bertz CT molecular complexity index is 869. The van der Waals surface area contributed by atoms with Crippen LogP contribution < -0.4 is 15.4 Å². The minimum atomic E-state index is -0.166. The predicted molar refractivity (Wildman–Crippen MR) is 106 cm³/mol. The fourth-order valence-electron chi connectivity index (χ4n) is 2.41. The minimum absolute atomic E-state index is 0.132. The molecule has 3 aromatic carbocycles. The third-order valence-corrected chi connectivity index (χ3v) is 3.91. The number of anilines is 2. The molecule has 26 heavy (non-hydrogen) atoms. The highest BCUT2D eigenvalue weighted by Gasteiger charge is 2.08. The number of ether oxygens (including phenoxy) is 1. The lowest BCUT2D eigenvalue weighted by Crippen LogP contribution is -2.22. The first kappa shape index (κ1) is 17.8. The third-order valence-electron chi connectivity index (χ3n) is 3.68. The molecule has 3 aromatic rings. The first-order valence-corrected chi connectivity index (χ1v) is 8.63. The average molecular weight is 367 g/mol. The lowest BCUT2D eigenvalue weighted by Gasteiger charge is -2.13. The van der Waals surface area contributed by atoms with Crippen LogP contribution >= 0.6 is 11.6 Å². The largest absolute Gasteiger partial charge is 0.487 e. The van der Waals surface area contributed by atoms with Gasteiger partial charge in [0.25, 0.3) is 0 Å². The van der Waals surface area contributed by atoms with Crippen molar-refractivity contribution in [2.45, 2.75) is 6.61 Å². The van der Waals surface area contributed by atoms with Gasteiger partial charge in [-0.05, 0) is 35.9 Å². The second kappa shape index (κ2) is 8.92. The molecule has 0 aliphatic heterocycles. The van der Waals surface area contributed by atoms with Crippen molar-refractivity contribution in [2.24, 2.45) is 0 Å². The van der Waals surface area contributed by atoms with Crippen molar-refractivity contribution >= 4 is 28.9 Å². The summed E-state index contributed by atoms with van der Waals surface area (Å²) in [7, 11) is 0. The van der Waals surface area contributed by atoms with E-state index in [-0.39, 0.29) is 12.5 Å². The maximum absolute atomic E-state index is 12.2. The van der Waals surface area contributed by atoms with E-state index in [0.29, 0.717) is 23.1 Å². The van der Waals surface area contributed by atoms with Crippen LogP contribution in [0.1, 0.15) is 5.56 Å². The SMILES string of the molecule is O=C(CNc1cccc(Cl)c1)Nc1ccccc1OCc1ccccc1. The van der Waals surface area contributed by atoms with Gasteiger partial charge in [-0.1, -0.05) is 60.1 Å². The quantitative estimate of drug-likeness (QED) is 0.620. The molecular formula is C21H19ClN2O2. The number of amides is 1. The molecule has 2 N–H and O–H groups in total. The van der Waals surface area contributed by atoms with Crippen LogP contribution in [0.25, 0.3) is 0 Å². The number of rotatable bonds is 7. The van der Waals surface area contributed by atoms with Crippen LogP contribution in [-0.4, -0.2) is 12.5 Å². The summed E-state index contributed by atoms with van der Waals surface area (Å²) in [5.41, 5.74) is 2.50. The average Bonchev–Trinajstić information content (AvgIpc) is 2.67. The molecule has 5 heteroatoms. The number of nitrogens with one attached hydrogen (secondary N) is 2. The number of hydrogen-bond acceptors (Lipinski definition) is 3. The Labute approximate surface area is 157 Å². The van der Waals surface area contributed by atoms with E-state index < -0.39 is 0 Å². The fraction of sp³-hybridized carbons (Fsp3) is 0.0952. The molecular weight excluding hydrogens is 348 g/mol. The van der Waals surface area contributed by atoms with Crippen LogP contribution in [0, 0.1) is 0 Å². The normalized spacial score (nSPS) is 10.2. The standard InChI is InChI=1S/C21H19ClN2O2/c22-17-9-6-10-18(13-17)23-14-21(25)24-19-11-4-5-12-20(19)26-15-16-7-2-1-3-8-16/h1-13,23H,14-15H2,(H,24,25). The molecule has 0 aliphatic rings. The summed E-state index contributed by atoms with van der Waals surface area (Å²) in [5.74, 6) is 0.466. The monoisotopic (exact) mass is 366 g/mol. The highest BCUT2D eigenvalue weighted by atomic mass is 35.5. The van der Waals surface area contributed by atoms with E-state index in [2.05, 4.69) is 10.6 Å². The van der Waals surface area contributed by atoms with Crippen molar-refractivity contribution in [3.8, 4) is 5.75 Å². The zero-order valence-corrected chi connectivity index (χ0v) is 14.9. The van der Waals surface area contributed by atoms with Gasteiger partial charge in [0.1, 0.15) is 12.4 Å². The molecule has 0 atom stereocenters. The van der Waals surface area contributed by atoms with Gasteiger partial charge in [0.15, 0.2) is 0 Å². The van der Waals surface area contributed by atoms with Crippen molar-refractivity contribution in [1.29, 1.82) is 0 Å². The Morgan fingerprint density at radius 3 is 2.50 bits per heavy atom. The van der Waals surface area contributed by atoms with Gasteiger partial charge in [0.2, 0.25) is 5.91 Å². The number of benzene rings is 3. The molecule has 0 saturated heterocycles. The van der Waals surface area contributed by atoms with E-state index in [9.17, 15) is 4.79 Å². The van der Waals surface area contributed by atoms with Crippen LogP contribution in [0.2, 0.25) is 5.02 Å². The van der Waals surface area contributed by atoms with Gasteiger partial charge < -0.3 is 15.4 Å². The zero-order valence-electron chi connectivity index (χ0n) is 14.1. The maximum atomic E-state index is 12.2. The third kappa shape index (κ3) is 5.26. The second-order valence-corrected chi connectivity index (χ2v) is 6.12. The Hall–Kier alpha value is -2.98. The smallest absolute Gasteiger partial charge is 0.243 e. The van der Waals surface area contributed by atoms with Crippen molar-refractivity contribution in [1.82, 2.24) is 0 Å². The van der Waals surface area contributed by atoms with Gasteiger partial charge in [-0.25, -0.2) is 0 Å². The lowest BCUT2D eigenvalue weighted by atomic mass is 10.2. The maximum Gasteiger partial charge on any atom is 0.243 e. The number of carbonyl (C=O) groups is 1. The Balaban J connectivity index is 1.58. The van der Waals surface area contributed by atoms with Gasteiger partial charge in [-0.15, -0.1) is 0 Å². The van der Waals surface area contributed by atoms with E-state index in [1.807, 2.05) is 66.7 Å². The van der Waals surface area contributed by atoms with E-state index in [1.54, 1.807) is 12.1 Å². The number of halogens is 1. The van der Waals surface area contributed by atoms with Crippen LogP contribution in [0.4, 0.5) is 11.4 Å². The van der Waals surface area contributed by atoms with Gasteiger partial charge in [0, 0.05) is 10.7 Å². The highest BCUT2D eigenvalue weighted by molar-refractivity contribution is 6.30. The first-order valence-electron chi connectivity index (χ1n) is 8.26. The molecule has 0 bridgehead atoms. The van der Waals surface area contributed by atoms with Gasteiger partial charge in [-0.2, -0.15) is 0 Å². The summed E-state index contributed by atoms with van der Waals surface area (Å²) in [5, 5.41) is 6.54. The molecule has 0 fully saturated rings. The topological polar surface area (TPSA) is 50.4 Å². The molecule has 132 valence electrons. The lowest BCUT2D eigenvalue weighted by molar-refractivity contribution is -0.114. The van der Waals surface area contributed by atoms with Gasteiger partial charge >= 0.3 is 0 Å².